The van der Waals surface area contributed by atoms with E-state index in [0.717, 1.165) is 0 Å². The maximum atomic E-state index is 12.3. The second-order valence-electron chi connectivity index (χ2n) is 6.75. The zero-order valence-corrected chi connectivity index (χ0v) is 17.6. The molecule has 0 aliphatic rings. The number of hydrogen-bond donors (Lipinski definition) is 3. The molecule has 32 heavy (non-hydrogen) atoms. The molecule has 3 aromatic carbocycles. The SMILES string of the molecule is COc1ccccc1OC(C)C(=O)NNC(=O)c1ccc(NC(=O)c2ccccc2)cc1. The van der Waals surface area contributed by atoms with E-state index in [-0.39, 0.29) is 5.91 Å². The summed E-state index contributed by atoms with van der Waals surface area (Å²) in [6.45, 7) is 1.55. The fourth-order valence-corrected chi connectivity index (χ4v) is 2.75. The van der Waals surface area contributed by atoms with Crippen molar-refractivity contribution in [1.29, 1.82) is 0 Å². The number of hydrazine groups is 1. The molecule has 0 spiro atoms. The third-order valence-corrected chi connectivity index (χ3v) is 4.48. The number of para-hydroxylation sites is 2. The van der Waals surface area contributed by atoms with Crippen LogP contribution in [-0.4, -0.2) is 30.9 Å². The molecule has 8 heteroatoms. The summed E-state index contributed by atoms with van der Waals surface area (Å²) in [7, 11) is 1.51. The van der Waals surface area contributed by atoms with Crippen LogP contribution in [0.5, 0.6) is 11.5 Å². The van der Waals surface area contributed by atoms with E-state index in [1.807, 2.05) is 6.07 Å². The molecule has 0 aliphatic carbocycles. The predicted octanol–water partition coefficient (Wildman–Crippen LogP) is 3.18. The number of hydrogen-bond acceptors (Lipinski definition) is 5. The van der Waals surface area contributed by atoms with Crippen LogP contribution >= 0.6 is 0 Å². The first-order chi connectivity index (χ1) is 15.5. The molecular formula is C24H23N3O5. The van der Waals surface area contributed by atoms with E-state index in [9.17, 15) is 14.4 Å². The van der Waals surface area contributed by atoms with Crippen molar-refractivity contribution in [2.24, 2.45) is 0 Å². The quantitative estimate of drug-likeness (QED) is 0.497. The number of carbonyl (C=O) groups is 3. The van der Waals surface area contributed by atoms with Gasteiger partial charge in [0.1, 0.15) is 0 Å². The predicted molar refractivity (Wildman–Crippen MR) is 120 cm³/mol. The Hall–Kier alpha value is -4.33. The second kappa shape index (κ2) is 10.6. The molecule has 164 valence electrons. The first-order valence-corrected chi connectivity index (χ1v) is 9.84. The van der Waals surface area contributed by atoms with Crippen LogP contribution < -0.4 is 25.6 Å². The van der Waals surface area contributed by atoms with Gasteiger partial charge in [-0.1, -0.05) is 30.3 Å². The minimum Gasteiger partial charge on any atom is -0.493 e. The van der Waals surface area contributed by atoms with E-state index < -0.39 is 17.9 Å². The Morgan fingerprint density at radius 1 is 0.719 bits per heavy atom. The number of carbonyl (C=O) groups excluding carboxylic acids is 3. The molecular weight excluding hydrogens is 410 g/mol. The zero-order chi connectivity index (χ0) is 22.9. The Balaban J connectivity index is 1.51. The van der Waals surface area contributed by atoms with E-state index in [1.165, 1.54) is 19.2 Å². The number of ether oxygens (including phenoxy) is 2. The number of nitrogens with one attached hydrogen (secondary N) is 3. The van der Waals surface area contributed by atoms with Crippen molar-refractivity contribution in [1.82, 2.24) is 10.9 Å². The lowest BCUT2D eigenvalue weighted by Crippen LogP contribution is -2.47. The number of amides is 3. The molecule has 3 rings (SSSR count). The molecule has 0 aliphatic heterocycles. The highest BCUT2D eigenvalue weighted by Gasteiger charge is 2.17. The van der Waals surface area contributed by atoms with E-state index in [0.29, 0.717) is 28.3 Å². The smallest absolute Gasteiger partial charge is 0.279 e. The minimum atomic E-state index is -0.873. The van der Waals surface area contributed by atoms with E-state index in [2.05, 4.69) is 16.2 Å². The van der Waals surface area contributed by atoms with Gasteiger partial charge in [-0.2, -0.15) is 0 Å². The summed E-state index contributed by atoms with van der Waals surface area (Å²) in [6, 6.07) is 22.0. The molecule has 0 aromatic heterocycles. The molecule has 0 bridgehead atoms. The van der Waals surface area contributed by atoms with Crippen LogP contribution in [0.4, 0.5) is 5.69 Å². The first-order valence-electron chi connectivity index (χ1n) is 9.84. The third-order valence-electron chi connectivity index (χ3n) is 4.48. The van der Waals surface area contributed by atoms with Crippen LogP contribution in [-0.2, 0) is 4.79 Å². The summed E-state index contributed by atoms with van der Waals surface area (Å²) in [5, 5.41) is 2.75. The summed E-state index contributed by atoms with van der Waals surface area (Å²) < 4.78 is 10.8. The van der Waals surface area contributed by atoms with Crippen molar-refractivity contribution in [2.75, 3.05) is 12.4 Å². The molecule has 3 aromatic rings. The normalized spacial score (nSPS) is 11.1. The van der Waals surface area contributed by atoms with Gasteiger partial charge in [-0.05, 0) is 55.5 Å². The van der Waals surface area contributed by atoms with Crippen LogP contribution in [0.2, 0.25) is 0 Å². The Kier molecular flexibility index (Phi) is 7.42. The molecule has 1 unspecified atom stereocenters. The number of methoxy groups -OCH3 is 1. The molecule has 3 amide bonds. The molecule has 1 atom stereocenters. The van der Waals surface area contributed by atoms with Gasteiger partial charge in [0.25, 0.3) is 17.7 Å². The maximum Gasteiger partial charge on any atom is 0.279 e. The van der Waals surface area contributed by atoms with E-state index in [1.54, 1.807) is 67.6 Å². The van der Waals surface area contributed by atoms with E-state index in [4.69, 9.17) is 9.47 Å². The molecule has 8 nitrogen and oxygen atoms in total. The average Bonchev–Trinajstić information content (AvgIpc) is 2.83. The van der Waals surface area contributed by atoms with Gasteiger partial charge < -0.3 is 14.8 Å². The van der Waals surface area contributed by atoms with Crippen LogP contribution in [0.25, 0.3) is 0 Å². The van der Waals surface area contributed by atoms with Crippen LogP contribution in [0.3, 0.4) is 0 Å². The van der Waals surface area contributed by atoms with Crippen LogP contribution in [0.1, 0.15) is 27.6 Å². The third kappa shape index (κ3) is 5.85. The Labute approximate surface area is 185 Å². The number of anilines is 1. The lowest BCUT2D eigenvalue weighted by Gasteiger charge is -2.17. The monoisotopic (exact) mass is 433 g/mol. The Bertz CT molecular complexity index is 1080. The topological polar surface area (TPSA) is 106 Å². The summed E-state index contributed by atoms with van der Waals surface area (Å²) in [5.41, 5.74) is 6.05. The molecule has 0 fully saturated rings. The standard InChI is InChI=1S/C24H23N3O5/c1-16(32-21-11-7-6-10-20(21)31-2)22(28)26-27-24(30)18-12-14-19(15-13-18)25-23(29)17-8-4-3-5-9-17/h3-16H,1-2H3,(H,25,29)(H,26,28)(H,27,30). The zero-order valence-electron chi connectivity index (χ0n) is 17.6. The van der Waals surface area contributed by atoms with E-state index >= 15 is 0 Å². The highest BCUT2D eigenvalue weighted by atomic mass is 16.5. The van der Waals surface area contributed by atoms with Crippen molar-refractivity contribution in [3.63, 3.8) is 0 Å². The fourth-order valence-electron chi connectivity index (χ4n) is 2.75. The maximum absolute atomic E-state index is 12.3. The second-order valence-corrected chi connectivity index (χ2v) is 6.75. The Morgan fingerprint density at radius 3 is 1.97 bits per heavy atom. The molecule has 0 radical (unpaired) electrons. The van der Waals surface area contributed by atoms with Gasteiger partial charge in [-0.3, -0.25) is 25.2 Å². The number of benzene rings is 3. The largest absolute Gasteiger partial charge is 0.493 e. The van der Waals surface area contributed by atoms with Gasteiger partial charge in [0.05, 0.1) is 7.11 Å². The van der Waals surface area contributed by atoms with Crippen molar-refractivity contribution in [3.05, 3.63) is 90.0 Å². The van der Waals surface area contributed by atoms with Crippen molar-refractivity contribution in [3.8, 4) is 11.5 Å². The summed E-state index contributed by atoms with van der Waals surface area (Å²) >= 11 is 0. The fraction of sp³-hybridized carbons (Fsp3) is 0.125. The summed E-state index contributed by atoms with van der Waals surface area (Å²) in [5.74, 6) is -0.383. The molecule has 0 saturated carbocycles. The van der Waals surface area contributed by atoms with Gasteiger partial charge in [0.2, 0.25) is 0 Å². The van der Waals surface area contributed by atoms with Gasteiger partial charge in [0, 0.05) is 16.8 Å². The highest BCUT2D eigenvalue weighted by molar-refractivity contribution is 6.04. The first kappa shape index (κ1) is 22.4. The highest BCUT2D eigenvalue weighted by Crippen LogP contribution is 2.26. The summed E-state index contributed by atoms with van der Waals surface area (Å²) in [4.78, 5) is 36.8. The van der Waals surface area contributed by atoms with Gasteiger partial charge >= 0.3 is 0 Å². The minimum absolute atomic E-state index is 0.251. The van der Waals surface area contributed by atoms with Gasteiger partial charge in [-0.25, -0.2) is 0 Å². The van der Waals surface area contributed by atoms with Crippen molar-refractivity contribution < 1.29 is 23.9 Å². The lowest BCUT2D eigenvalue weighted by molar-refractivity contribution is -0.128. The van der Waals surface area contributed by atoms with Crippen LogP contribution in [0, 0.1) is 0 Å². The Morgan fingerprint density at radius 2 is 1.31 bits per heavy atom. The average molecular weight is 433 g/mol. The van der Waals surface area contributed by atoms with Gasteiger partial charge in [0.15, 0.2) is 17.6 Å². The molecule has 0 saturated heterocycles. The van der Waals surface area contributed by atoms with Crippen molar-refractivity contribution >= 4 is 23.4 Å². The van der Waals surface area contributed by atoms with Gasteiger partial charge in [-0.15, -0.1) is 0 Å². The summed E-state index contributed by atoms with van der Waals surface area (Å²) in [6.07, 6.45) is -0.873. The molecule has 0 heterocycles. The lowest BCUT2D eigenvalue weighted by atomic mass is 10.1. The van der Waals surface area contributed by atoms with Crippen molar-refractivity contribution in [2.45, 2.75) is 13.0 Å². The van der Waals surface area contributed by atoms with Crippen LogP contribution in [0.15, 0.2) is 78.9 Å². The molecule has 3 N–H and O–H groups in total. The number of rotatable bonds is 7.